The van der Waals surface area contributed by atoms with Crippen molar-refractivity contribution in [2.45, 2.75) is 26.3 Å². The van der Waals surface area contributed by atoms with E-state index >= 15 is 0 Å². The lowest BCUT2D eigenvalue weighted by Crippen LogP contribution is -2.27. The molecule has 90 valence electrons. The van der Waals surface area contributed by atoms with Crippen molar-refractivity contribution in [2.24, 2.45) is 5.73 Å². The number of rotatable bonds is 6. The van der Waals surface area contributed by atoms with Crippen LogP contribution < -0.4 is 5.73 Å². The van der Waals surface area contributed by atoms with Gasteiger partial charge in [0.25, 0.3) is 0 Å². The van der Waals surface area contributed by atoms with Gasteiger partial charge >= 0.3 is 0 Å². The van der Waals surface area contributed by atoms with Crippen LogP contribution in [0.25, 0.3) is 0 Å². The van der Waals surface area contributed by atoms with Crippen molar-refractivity contribution >= 4 is 15.9 Å². The molecule has 0 saturated carbocycles. The van der Waals surface area contributed by atoms with Gasteiger partial charge in [0.1, 0.15) is 0 Å². The van der Waals surface area contributed by atoms with Crippen LogP contribution >= 0.6 is 15.9 Å². The Kier molecular flexibility index (Phi) is 6.03. The normalized spacial score (nSPS) is 13.1. The Bertz CT molecular complexity index is 311. The summed E-state index contributed by atoms with van der Waals surface area (Å²) < 4.78 is 1.10. The van der Waals surface area contributed by atoms with Gasteiger partial charge in [-0.3, -0.25) is 0 Å². The molecule has 0 aliphatic carbocycles. The monoisotopic (exact) mass is 284 g/mol. The molecule has 2 N–H and O–H groups in total. The molecule has 1 unspecified atom stereocenters. The fourth-order valence-electron chi connectivity index (χ4n) is 1.77. The van der Waals surface area contributed by atoms with Crippen LogP contribution in [-0.4, -0.2) is 24.5 Å². The van der Waals surface area contributed by atoms with Crippen LogP contribution in [0.3, 0.4) is 0 Å². The van der Waals surface area contributed by atoms with E-state index in [9.17, 15) is 0 Å². The first-order chi connectivity index (χ1) is 7.67. The molecule has 0 aliphatic heterocycles. The minimum atomic E-state index is 0.137. The van der Waals surface area contributed by atoms with Gasteiger partial charge < -0.3 is 10.6 Å². The third-order valence-electron chi connectivity index (χ3n) is 2.93. The predicted octanol–water partition coefficient (Wildman–Crippen LogP) is 3.18. The lowest BCUT2D eigenvalue weighted by atomic mass is 10.0. The molecule has 3 heteroatoms. The van der Waals surface area contributed by atoms with Crippen molar-refractivity contribution in [1.29, 1.82) is 0 Å². The molecule has 1 aromatic carbocycles. The standard InChI is InChI=1S/C13H21BrN2/c1-3-16(4-2)9-8-13(15)11-6-5-7-12(14)10-11/h5-7,10,13H,3-4,8-9,15H2,1-2H3. The second-order valence-electron chi connectivity index (χ2n) is 3.98. The van der Waals surface area contributed by atoms with E-state index in [1.54, 1.807) is 0 Å². The number of halogens is 1. The molecule has 0 saturated heterocycles. The second kappa shape index (κ2) is 7.05. The van der Waals surface area contributed by atoms with E-state index in [0.29, 0.717) is 0 Å². The summed E-state index contributed by atoms with van der Waals surface area (Å²) in [6.45, 7) is 7.65. The maximum absolute atomic E-state index is 6.17. The van der Waals surface area contributed by atoms with Crippen molar-refractivity contribution in [1.82, 2.24) is 4.90 Å². The Morgan fingerprint density at radius 3 is 2.56 bits per heavy atom. The summed E-state index contributed by atoms with van der Waals surface area (Å²) in [4.78, 5) is 2.40. The molecule has 16 heavy (non-hydrogen) atoms. The molecule has 0 spiro atoms. The van der Waals surface area contributed by atoms with Gasteiger partial charge in [0.05, 0.1) is 0 Å². The molecular weight excluding hydrogens is 264 g/mol. The van der Waals surface area contributed by atoms with Gasteiger partial charge in [-0.1, -0.05) is 41.9 Å². The highest BCUT2D eigenvalue weighted by molar-refractivity contribution is 9.10. The van der Waals surface area contributed by atoms with E-state index in [-0.39, 0.29) is 6.04 Å². The third kappa shape index (κ3) is 4.24. The van der Waals surface area contributed by atoms with E-state index in [4.69, 9.17) is 5.73 Å². The van der Waals surface area contributed by atoms with E-state index in [0.717, 1.165) is 30.5 Å². The summed E-state index contributed by atoms with van der Waals surface area (Å²) in [5.41, 5.74) is 7.38. The van der Waals surface area contributed by atoms with E-state index in [2.05, 4.69) is 46.8 Å². The van der Waals surface area contributed by atoms with Crippen molar-refractivity contribution < 1.29 is 0 Å². The summed E-state index contributed by atoms with van der Waals surface area (Å²) in [7, 11) is 0. The van der Waals surface area contributed by atoms with Gasteiger partial charge in [0, 0.05) is 10.5 Å². The Balaban J connectivity index is 2.49. The summed E-state index contributed by atoms with van der Waals surface area (Å²) in [6.07, 6.45) is 1.01. The predicted molar refractivity (Wildman–Crippen MR) is 73.5 cm³/mol. The van der Waals surface area contributed by atoms with Crippen molar-refractivity contribution in [3.05, 3.63) is 34.3 Å². The van der Waals surface area contributed by atoms with Gasteiger partial charge in [0.15, 0.2) is 0 Å². The number of hydrogen-bond acceptors (Lipinski definition) is 2. The van der Waals surface area contributed by atoms with Crippen LogP contribution in [0.4, 0.5) is 0 Å². The van der Waals surface area contributed by atoms with Crippen LogP contribution in [0, 0.1) is 0 Å². The fraction of sp³-hybridized carbons (Fsp3) is 0.538. The lowest BCUT2D eigenvalue weighted by molar-refractivity contribution is 0.291. The summed E-state index contributed by atoms with van der Waals surface area (Å²) in [6, 6.07) is 8.40. The smallest absolute Gasteiger partial charge is 0.0307 e. The first-order valence-corrected chi connectivity index (χ1v) is 6.70. The second-order valence-corrected chi connectivity index (χ2v) is 4.89. The molecule has 0 heterocycles. The van der Waals surface area contributed by atoms with Crippen molar-refractivity contribution in [3.63, 3.8) is 0 Å². The van der Waals surface area contributed by atoms with Gasteiger partial charge in [0.2, 0.25) is 0 Å². The van der Waals surface area contributed by atoms with Gasteiger partial charge in [-0.05, 0) is 43.8 Å². The van der Waals surface area contributed by atoms with Crippen LogP contribution in [0.5, 0.6) is 0 Å². The van der Waals surface area contributed by atoms with Crippen LogP contribution in [0.1, 0.15) is 31.9 Å². The highest BCUT2D eigenvalue weighted by Crippen LogP contribution is 2.19. The Labute approximate surface area is 107 Å². The minimum absolute atomic E-state index is 0.137. The van der Waals surface area contributed by atoms with Crippen molar-refractivity contribution in [3.8, 4) is 0 Å². The van der Waals surface area contributed by atoms with Crippen LogP contribution in [0.15, 0.2) is 28.7 Å². The highest BCUT2D eigenvalue weighted by atomic mass is 79.9. The van der Waals surface area contributed by atoms with E-state index in [1.165, 1.54) is 5.56 Å². The zero-order valence-corrected chi connectivity index (χ0v) is 11.7. The quantitative estimate of drug-likeness (QED) is 0.869. The minimum Gasteiger partial charge on any atom is -0.324 e. The van der Waals surface area contributed by atoms with Crippen LogP contribution in [-0.2, 0) is 0 Å². The number of nitrogens with zero attached hydrogens (tertiary/aromatic N) is 1. The molecule has 0 radical (unpaired) electrons. The average molecular weight is 285 g/mol. The summed E-state index contributed by atoms with van der Waals surface area (Å²) in [5, 5.41) is 0. The Hall–Kier alpha value is -0.380. The largest absolute Gasteiger partial charge is 0.324 e. The lowest BCUT2D eigenvalue weighted by Gasteiger charge is -2.20. The first kappa shape index (κ1) is 13.7. The zero-order valence-electron chi connectivity index (χ0n) is 10.1. The summed E-state index contributed by atoms with van der Waals surface area (Å²) >= 11 is 3.47. The molecular formula is C13H21BrN2. The van der Waals surface area contributed by atoms with E-state index < -0.39 is 0 Å². The molecule has 1 aromatic rings. The SMILES string of the molecule is CCN(CC)CCC(N)c1cccc(Br)c1. The maximum Gasteiger partial charge on any atom is 0.0307 e. The number of nitrogens with two attached hydrogens (primary N) is 1. The molecule has 1 rings (SSSR count). The maximum atomic E-state index is 6.17. The molecule has 2 nitrogen and oxygen atoms in total. The van der Waals surface area contributed by atoms with Gasteiger partial charge in [-0.25, -0.2) is 0 Å². The summed E-state index contributed by atoms with van der Waals surface area (Å²) in [5.74, 6) is 0. The topological polar surface area (TPSA) is 29.3 Å². The van der Waals surface area contributed by atoms with Gasteiger partial charge in [-0.15, -0.1) is 0 Å². The Morgan fingerprint density at radius 2 is 2.00 bits per heavy atom. The van der Waals surface area contributed by atoms with Crippen LogP contribution in [0.2, 0.25) is 0 Å². The molecule has 0 bridgehead atoms. The van der Waals surface area contributed by atoms with Gasteiger partial charge in [-0.2, -0.15) is 0 Å². The van der Waals surface area contributed by atoms with Crippen molar-refractivity contribution in [2.75, 3.05) is 19.6 Å². The molecule has 0 amide bonds. The highest BCUT2D eigenvalue weighted by Gasteiger charge is 2.08. The van der Waals surface area contributed by atoms with E-state index in [1.807, 2.05) is 12.1 Å². The third-order valence-corrected chi connectivity index (χ3v) is 3.42. The molecule has 1 atom stereocenters. The molecule has 0 aliphatic rings. The molecule has 0 aromatic heterocycles. The number of hydrogen-bond donors (Lipinski definition) is 1. The fourth-order valence-corrected chi connectivity index (χ4v) is 2.18. The number of benzene rings is 1. The molecule has 0 fully saturated rings. The zero-order chi connectivity index (χ0) is 12.0. The Morgan fingerprint density at radius 1 is 1.31 bits per heavy atom. The first-order valence-electron chi connectivity index (χ1n) is 5.90. The average Bonchev–Trinajstić information content (AvgIpc) is 2.30.